The number of nitrogens with zero attached hydrogens (tertiary/aromatic N) is 2. The van der Waals surface area contributed by atoms with Gasteiger partial charge < -0.3 is 9.80 Å². The van der Waals surface area contributed by atoms with Gasteiger partial charge in [0.2, 0.25) is 0 Å². The number of carbonyl (C=O) groups excluding carboxylic acids is 1. The first-order valence-corrected chi connectivity index (χ1v) is 12.9. The molecule has 6 rings (SSSR count). The Bertz CT molecular complexity index is 1160. The number of fused-ring (bicyclic) bond motifs is 1. The molecule has 0 radical (unpaired) electrons. The first-order chi connectivity index (χ1) is 16.7. The van der Waals surface area contributed by atoms with Crippen LogP contribution in [0, 0.1) is 23.6 Å². The summed E-state index contributed by atoms with van der Waals surface area (Å²) >= 11 is 0. The van der Waals surface area contributed by atoms with E-state index in [0.29, 0.717) is 17.8 Å². The molecule has 3 aliphatic rings. The van der Waals surface area contributed by atoms with Gasteiger partial charge in [-0.25, -0.2) is 4.39 Å². The molecule has 0 aromatic heterocycles. The van der Waals surface area contributed by atoms with E-state index in [1.54, 1.807) is 12.1 Å². The summed E-state index contributed by atoms with van der Waals surface area (Å²) in [5.74, 6) is 2.56. The van der Waals surface area contributed by atoms with Gasteiger partial charge in [0.25, 0.3) is 5.91 Å². The molecule has 34 heavy (non-hydrogen) atoms. The Morgan fingerprint density at radius 2 is 1.59 bits per heavy atom. The van der Waals surface area contributed by atoms with E-state index in [2.05, 4.69) is 28.0 Å². The number of amides is 1. The second kappa shape index (κ2) is 9.14. The van der Waals surface area contributed by atoms with Crippen molar-refractivity contribution in [2.75, 3.05) is 32.7 Å². The van der Waals surface area contributed by atoms with Gasteiger partial charge in [-0.2, -0.15) is 0 Å². The summed E-state index contributed by atoms with van der Waals surface area (Å²) in [5, 5.41) is 2.19. The summed E-state index contributed by atoms with van der Waals surface area (Å²) < 4.78 is 13.3. The van der Waals surface area contributed by atoms with Crippen molar-refractivity contribution >= 4 is 16.7 Å². The summed E-state index contributed by atoms with van der Waals surface area (Å²) in [6.07, 6.45) is 4.91. The molecule has 2 saturated heterocycles. The highest BCUT2D eigenvalue weighted by molar-refractivity contribution is 6.07. The van der Waals surface area contributed by atoms with E-state index in [1.165, 1.54) is 18.4 Å². The third kappa shape index (κ3) is 4.36. The zero-order valence-electron chi connectivity index (χ0n) is 19.7. The van der Waals surface area contributed by atoms with Gasteiger partial charge in [-0.3, -0.25) is 4.79 Å². The third-order valence-corrected chi connectivity index (χ3v) is 8.45. The monoisotopic (exact) mass is 456 g/mol. The predicted molar refractivity (Wildman–Crippen MR) is 134 cm³/mol. The largest absolute Gasteiger partial charge is 0.338 e. The highest BCUT2D eigenvalue weighted by Crippen LogP contribution is 2.45. The van der Waals surface area contributed by atoms with Gasteiger partial charge in [0, 0.05) is 25.2 Å². The number of likely N-dealkylation sites (tertiary alicyclic amines) is 2. The molecule has 0 spiro atoms. The number of hydrogen-bond donors (Lipinski definition) is 0. The average Bonchev–Trinajstić information content (AvgIpc) is 3.64. The third-order valence-electron chi connectivity index (χ3n) is 8.45. The van der Waals surface area contributed by atoms with Crippen molar-refractivity contribution in [3.63, 3.8) is 0 Å². The quantitative estimate of drug-likeness (QED) is 0.473. The van der Waals surface area contributed by atoms with Crippen LogP contribution in [0.5, 0.6) is 0 Å². The summed E-state index contributed by atoms with van der Waals surface area (Å²) in [6, 6.07) is 21.4. The molecule has 1 aliphatic carbocycles. The van der Waals surface area contributed by atoms with Crippen molar-refractivity contribution in [1.29, 1.82) is 0 Å². The number of benzene rings is 3. The molecule has 176 valence electrons. The highest BCUT2D eigenvalue weighted by Gasteiger charge is 2.44. The van der Waals surface area contributed by atoms with Gasteiger partial charge in [0.1, 0.15) is 5.82 Å². The zero-order valence-corrected chi connectivity index (χ0v) is 19.7. The van der Waals surface area contributed by atoms with Crippen LogP contribution >= 0.6 is 0 Å². The molecule has 4 heteroatoms. The van der Waals surface area contributed by atoms with E-state index in [4.69, 9.17) is 0 Å². The standard InChI is InChI=1S/C30H33FN2O/c31-26-12-10-21(11-13-26)22-14-16-32(17-15-22)18-25-19-33(20-29(25)24-8-9-24)30(34)28-7-3-5-23-4-1-2-6-27(23)28/h1-7,10-13,22,24-25,29H,8-9,14-20H2. The van der Waals surface area contributed by atoms with E-state index < -0.39 is 0 Å². The van der Waals surface area contributed by atoms with Gasteiger partial charge >= 0.3 is 0 Å². The molecule has 2 aliphatic heterocycles. The number of rotatable bonds is 5. The van der Waals surface area contributed by atoms with E-state index in [0.717, 1.165) is 67.8 Å². The Morgan fingerprint density at radius 1 is 0.853 bits per heavy atom. The summed E-state index contributed by atoms with van der Waals surface area (Å²) in [6.45, 7) is 5.06. The number of piperidine rings is 1. The molecular formula is C30H33FN2O. The number of hydrogen-bond acceptors (Lipinski definition) is 2. The Morgan fingerprint density at radius 3 is 2.35 bits per heavy atom. The van der Waals surface area contributed by atoms with E-state index in [9.17, 15) is 9.18 Å². The smallest absolute Gasteiger partial charge is 0.254 e. The van der Waals surface area contributed by atoms with Crippen molar-refractivity contribution in [2.45, 2.75) is 31.6 Å². The molecule has 2 unspecified atom stereocenters. The molecule has 3 aromatic carbocycles. The molecule has 3 nitrogen and oxygen atoms in total. The summed E-state index contributed by atoms with van der Waals surface area (Å²) in [7, 11) is 0. The lowest BCUT2D eigenvalue weighted by Crippen LogP contribution is -2.39. The zero-order chi connectivity index (χ0) is 23.1. The fraction of sp³-hybridized carbons (Fsp3) is 0.433. The van der Waals surface area contributed by atoms with Gasteiger partial charge in [0.15, 0.2) is 0 Å². The highest BCUT2D eigenvalue weighted by atomic mass is 19.1. The van der Waals surface area contributed by atoms with Crippen molar-refractivity contribution in [3.05, 3.63) is 83.7 Å². The maximum Gasteiger partial charge on any atom is 0.254 e. The van der Waals surface area contributed by atoms with Crippen LogP contribution in [-0.2, 0) is 0 Å². The van der Waals surface area contributed by atoms with Crippen molar-refractivity contribution in [1.82, 2.24) is 9.80 Å². The minimum absolute atomic E-state index is 0.156. The Balaban J connectivity index is 1.12. The lowest BCUT2D eigenvalue weighted by Gasteiger charge is -2.34. The molecule has 1 saturated carbocycles. The maximum atomic E-state index is 13.6. The van der Waals surface area contributed by atoms with Crippen LogP contribution in [0.1, 0.15) is 47.5 Å². The van der Waals surface area contributed by atoms with Crippen LogP contribution in [0.15, 0.2) is 66.7 Å². The molecule has 0 N–H and O–H groups in total. The number of carbonyl (C=O) groups is 1. The van der Waals surface area contributed by atoms with E-state index in [-0.39, 0.29) is 11.7 Å². The van der Waals surface area contributed by atoms with E-state index in [1.807, 2.05) is 36.4 Å². The van der Waals surface area contributed by atoms with Gasteiger partial charge in [0.05, 0.1) is 0 Å². The minimum Gasteiger partial charge on any atom is -0.338 e. The fourth-order valence-electron chi connectivity index (χ4n) is 6.41. The molecule has 3 fully saturated rings. The average molecular weight is 457 g/mol. The van der Waals surface area contributed by atoms with Gasteiger partial charge in [-0.1, -0.05) is 48.5 Å². The first kappa shape index (κ1) is 21.8. The normalized spacial score (nSPS) is 24.1. The second-order valence-corrected chi connectivity index (χ2v) is 10.6. The SMILES string of the molecule is O=C(c1cccc2ccccc12)N1CC(CN2CCC(c3ccc(F)cc3)CC2)C(C2CC2)C1. The first-order valence-electron chi connectivity index (χ1n) is 12.9. The van der Waals surface area contributed by atoms with Gasteiger partial charge in [-0.15, -0.1) is 0 Å². The molecule has 0 bridgehead atoms. The molecule has 2 heterocycles. The summed E-state index contributed by atoms with van der Waals surface area (Å²) in [5.41, 5.74) is 2.11. The van der Waals surface area contributed by atoms with Crippen LogP contribution in [0.25, 0.3) is 10.8 Å². The van der Waals surface area contributed by atoms with Crippen molar-refractivity contribution in [2.24, 2.45) is 17.8 Å². The van der Waals surface area contributed by atoms with E-state index >= 15 is 0 Å². The lowest BCUT2D eigenvalue weighted by atomic mass is 9.87. The summed E-state index contributed by atoms with van der Waals surface area (Å²) in [4.78, 5) is 18.4. The molecule has 1 amide bonds. The minimum atomic E-state index is -0.156. The lowest BCUT2D eigenvalue weighted by molar-refractivity contribution is 0.0781. The van der Waals surface area contributed by atoms with Gasteiger partial charge in [-0.05, 0) is 97.0 Å². The van der Waals surface area contributed by atoms with Crippen LogP contribution in [0.2, 0.25) is 0 Å². The van der Waals surface area contributed by atoms with Crippen molar-refractivity contribution < 1.29 is 9.18 Å². The van der Waals surface area contributed by atoms with Crippen molar-refractivity contribution in [3.8, 4) is 0 Å². The Hall–Kier alpha value is -2.72. The molecule has 2 atom stereocenters. The molecular weight excluding hydrogens is 423 g/mol. The van der Waals surface area contributed by atoms with Crippen LogP contribution in [0.4, 0.5) is 4.39 Å². The second-order valence-electron chi connectivity index (χ2n) is 10.6. The number of halogens is 1. The fourth-order valence-corrected chi connectivity index (χ4v) is 6.41. The Kier molecular flexibility index (Phi) is 5.86. The topological polar surface area (TPSA) is 23.6 Å². The molecule has 3 aromatic rings. The van der Waals surface area contributed by atoms with Crippen LogP contribution < -0.4 is 0 Å². The maximum absolute atomic E-state index is 13.6. The van der Waals surface area contributed by atoms with Crippen LogP contribution in [-0.4, -0.2) is 48.4 Å². The Labute approximate surface area is 201 Å². The predicted octanol–water partition coefficient (Wildman–Crippen LogP) is 5.96. The van der Waals surface area contributed by atoms with Crippen LogP contribution in [0.3, 0.4) is 0 Å².